The van der Waals surface area contributed by atoms with Crippen LogP contribution in [0.15, 0.2) is 41.2 Å². The van der Waals surface area contributed by atoms with Crippen molar-refractivity contribution in [2.45, 2.75) is 38.6 Å². The number of amides is 1. The normalized spacial score (nSPS) is 13.6. The van der Waals surface area contributed by atoms with Crippen molar-refractivity contribution in [3.8, 4) is 11.3 Å². The van der Waals surface area contributed by atoms with Crippen LogP contribution in [0.1, 0.15) is 29.8 Å². The summed E-state index contributed by atoms with van der Waals surface area (Å²) in [5.74, 6) is -0.313. The SMILES string of the molecule is O=C(Cn1nc(-c2ccc(Cl)cc2)ccc1=O)Nc1nc2c(s1)CCCCC2. The molecule has 8 heteroatoms. The number of nitrogens with zero attached hydrogens (tertiary/aromatic N) is 3. The Morgan fingerprint density at radius 1 is 1.11 bits per heavy atom. The fourth-order valence-electron chi connectivity index (χ4n) is 3.21. The summed E-state index contributed by atoms with van der Waals surface area (Å²) < 4.78 is 1.16. The highest BCUT2D eigenvalue weighted by Gasteiger charge is 2.16. The average molecular weight is 415 g/mol. The molecule has 0 atom stereocenters. The minimum atomic E-state index is -0.331. The molecule has 1 aromatic carbocycles. The second-order valence-corrected chi connectivity index (χ2v) is 8.24. The van der Waals surface area contributed by atoms with Gasteiger partial charge >= 0.3 is 0 Å². The van der Waals surface area contributed by atoms with Crippen molar-refractivity contribution in [2.24, 2.45) is 0 Å². The van der Waals surface area contributed by atoms with E-state index in [2.05, 4.69) is 15.4 Å². The lowest BCUT2D eigenvalue weighted by Gasteiger charge is -2.07. The minimum absolute atomic E-state index is 0.162. The molecule has 3 aromatic rings. The quantitative estimate of drug-likeness (QED) is 0.656. The van der Waals surface area contributed by atoms with E-state index in [1.165, 1.54) is 35.1 Å². The number of nitrogens with one attached hydrogen (secondary N) is 1. The van der Waals surface area contributed by atoms with Crippen molar-refractivity contribution in [2.75, 3.05) is 5.32 Å². The predicted molar refractivity (Wildman–Crippen MR) is 111 cm³/mol. The highest BCUT2D eigenvalue weighted by Crippen LogP contribution is 2.28. The molecule has 0 unspecified atom stereocenters. The Labute approximate surface area is 171 Å². The van der Waals surface area contributed by atoms with Gasteiger partial charge in [0.2, 0.25) is 5.91 Å². The lowest BCUT2D eigenvalue weighted by molar-refractivity contribution is -0.117. The molecular formula is C20H19ClN4O2S. The molecule has 4 rings (SSSR count). The molecule has 6 nitrogen and oxygen atoms in total. The van der Waals surface area contributed by atoms with Crippen molar-refractivity contribution < 1.29 is 4.79 Å². The van der Waals surface area contributed by atoms with Gasteiger partial charge in [-0.3, -0.25) is 9.59 Å². The zero-order valence-electron chi connectivity index (χ0n) is 15.2. The Balaban J connectivity index is 1.49. The Morgan fingerprint density at radius 2 is 1.89 bits per heavy atom. The summed E-state index contributed by atoms with van der Waals surface area (Å²) in [4.78, 5) is 30.4. The fourth-order valence-corrected chi connectivity index (χ4v) is 4.41. The van der Waals surface area contributed by atoms with E-state index in [4.69, 9.17) is 11.6 Å². The fraction of sp³-hybridized carbons (Fsp3) is 0.300. The van der Waals surface area contributed by atoms with Gasteiger partial charge in [-0.15, -0.1) is 11.3 Å². The van der Waals surface area contributed by atoms with Crippen LogP contribution in [0.3, 0.4) is 0 Å². The molecule has 2 heterocycles. The molecule has 144 valence electrons. The molecule has 2 aromatic heterocycles. The van der Waals surface area contributed by atoms with Gasteiger partial charge in [-0.05, 0) is 43.9 Å². The van der Waals surface area contributed by atoms with Crippen LogP contribution in [0.4, 0.5) is 5.13 Å². The third-order valence-electron chi connectivity index (χ3n) is 4.64. The largest absolute Gasteiger partial charge is 0.300 e. The molecule has 0 fully saturated rings. The Hall–Kier alpha value is -2.51. The number of carbonyl (C=O) groups excluding carboxylic acids is 1. The van der Waals surface area contributed by atoms with Gasteiger partial charge in [0.1, 0.15) is 6.54 Å². The Morgan fingerprint density at radius 3 is 2.71 bits per heavy atom. The molecule has 0 aliphatic heterocycles. The smallest absolute Gasteiger partial charge is 0.267 e. The molecule has 0 saturated heterocycles. The zero-order valence-corrected chi connectivity index (χ0v) is 16.7. The van der Waals surface area contributed by atoms with Crippen LogP contribution < -0.4 is 10.9 Å². The van der Waals surface area contributed by atoms with Gasteiger partial charge in [0, 0.05) is 21.5 Å². The van der Waals surface area contributed by atoms with Crippen LogP contribution in [0, 0.1) is 0 Å². The number of rotatable bonds is 4. The van der Waals surface area contributed by atoms with E-state index in [-0.39, 0.29) is 18.0 Å². The predicted octanol–water partition coefficient (Wildman–Crippen LogP) is 3.93. The average Bonchev–Trinajstić information content (AvgIpc) is 2.92. The number of fused-ring (bicyclic) bond motifs is 1. The molecule has 0 saturated carbocycles. The van der Waals surface area contributed by atoms with E-state index in [0.29, 0.717) is 15.8 Å². The maximum Gasteiger partial charge on any atom is 0.267 e. The number of thiazole rings is 1. The van der Waals surface area contributed by atoms with Gasteiger partial charge in [-0.25, -0.2) is 9.67 Å². The number of halogens is 1. The molecule has 1 amide bonds. The highest BCUT2D eigenvalue weighted by atomic mass is 35.5. The molecule has 1 N–H and O–H groups in total. The van der Waals surface area contributed by atoms with E-state index in [1.807, 2.05) is 12.1 Å². The number of anilines is 1. The maximum atomic E-state index is 12.4. The number of hydrogen-bond donors (Lipinski definition) is 1. The molecule has 0 spiro atoms. The third-order valence-corrected chi connectivity index (χ3v) is 5.97. The van der Waals surface area contributed by atoms with Gasteiger partial charge in [0.05, 0.1) is 11.4 Å². The summed E-state index contributed by atoms with van der Waals surface area (Å²) in [6.07, 6.45) is 5.52. The van der Waals surface area contributed by atoms with Crippen molar-refractivity contribution in [3.63, 3.8) is 0 Å². The van der Waals surface area contributed by atoms with Gasteiger partial charge in [0.15, 0.2) is 5.13 Å². The lowest BCUT2D eigenvalue weighted by Crippen LogP contribution is -2.29. The van der Waals surface area contributed by atoms with Crippen LogP contribution in [-0.4, -0.2) is 20.7 Å². The molecule has 1 aliphatic rings. The third kappa shape index (κ3) is 4.31. The van der Waals surface area contributed by atoms with E-state index in [1.54, 1.807) is 18.2 Å². The van der Waals surface area contributed by atoms with Crippen molar-refractivity contribution >= 4 is 34.0 Å². The summed E-state index contributed by atoms with van der Waals surface area (Å²) in [7, 11) is 0. The summed E-state index contributed by atoms with van der Waals surface area (Å²) in [6.45, 7) is -0.162. The van der Waals surface area contributed by atoms with Crippen LogP contribution in [0.25, 0.3) is 11.3 Å². The molecule has 28 heavy (non-hydrogen) atoms. The molecule has 1 aliphatic carbocycles. The molecular weight excluding hydrogens is 396 g/mol. The second-order valence-electron chi connectivity index (χ2n) is 6.72. The van der Waals surface area contributed by atoms with Gasteiger partial charge in [0.25, 0.3) is 5.56 Å². The topological polar surface area (TPSA) is 76.9 Å². The van der Waals surface area contributed by atoms with Crippen LogP contribution in [0.2, 0.25) is 5.02 Å². The highest BCUT2D eigenvalue weighted by molar-refractivity contribution is 7.15. The second kappa shape index (κ2) is 8.24. The lowest BCUT2D eigenvalue weighted by atomic mass is 10.1. The van der Waals surface area contributed by atoms with E-state index in [0.717, 1.165) is 35.2 Å². The minimum Gasteiger partial charge on any atom is -0.300 e. The Bertz CT molecular complexity index is 1040. The Kier molecular flexibility index (Phi) is 5.54. The first kappa shape index (κ1) is 18.8. The number of aryl methyl sites for hydroxylation is 2. The van der Waals surface area contributed by atoms with Crippen LogP contribution in [0.5, 0.6) is 0 Å². The van der Waals surface area contributed by atoms with Crippen molar-refractivity contribution in [3.05, 3.63) is 62.3 Å². The maximum absolute atomic E-state index is 12.4. The first-order chi connectivity index (χ1) is 13.6. The van der Waals surface area contributed by atoms with E-state index < -0.39 is 0 Å². The first-order valence-electron chi connectivity index (χ1n) is 9.21. The first-order valence-corrected chi connectivity index (χ1v) is 10.4. The monoisotopic (exact) mass is 414 g/mol. The van der Waals surface area contributed by atoms with E-state index in [9.17, 15) is 9.59 Å². The van der Waals surface area contributed by atoms with E-state index >= 15 is 0 Å². The number of carbonyl (C=O) groups is 1. The summed E-state index contributed by atoms with van der Waals surface area (Å²) in [5.41, 5.74) is 2.19. The zero-order chi connectivity index (χ0) is 19.5. The summed E-state index contributed by atoms with van der Waals surface area (Å²) >= 11 is 7.44. The standard InChI is InChI=1S/C20H19ClN4O2S/c21-14-8-6-13(7-9-14)15-10-11-19(27)25(24-15)12-18(26)23-20-22-16-4-2-1-3-5-17(16)28-20/h6-11H,1-5,12H2,(H,22,23,26). The number of hydrogen-bond acceptors (Lipinski definition) is 5. The van der Waals surface area contributed by atoms with Crippen molar-refractivity contribution in [1.82, 2.24) is 14.8 Å². The van der Waals surface area contributed by atoms with Gasteiger partial charge in [-0.2, -0.15) is 5.10 Å². The van der Waals surface area contributed by atoms with Crippen LogP contribution in [-0.2, 0) is 24.2 Å². The van der Waals surface area contributed by atoms with Gasteiger partial charge in [-0.1, -0.05) is 30.2 Å². The van der Waals surface area contributed by atoms with Gasteiger partial charge < -0.3 is 5.32 Å². The van der Waals surface area contributed by atoms with Crippen molar-refractivity contribution in [1.29, 1.82) is 0 Å². The molecule has 0 radical (unpaired) electrons. The summed E-state index contributed by atoms with van der Waals surface area (Å²) in [6, 6.07) is 10.2. The number of benzene rings is 1. The molecule has 0 bridgehead atoms. The number of aromatic nitrogens is 3. The summed E-state index contributed by atoms with van der Waals surface area (Å²) in [5, 5.41) is 8.35. The van der Waals surface area contributed by atoms with Crippen LogP contribution >= 0.6 is 22.9 Å².